The fourth-order valence-corrected chi connectivity index (χ4v) is 3.25. The Morgan fingerprint density at radius 3 is 2.81 bits per heavy atom. The Morgan fingerprint density at radius 2 is 2.25 bits per heavy atom. The van der Waals surface area contributed by atoms with Crippen molar-refractivity contribution in [3.05, 3.63) is 17.3 Å². The lowest BCUT2D eigenvalue weighted by Crippen LogP contribution is -2.30. The van der Waals surface area contributed by atoms with E-state index in [9.17, 15) is 8.42 Å². The highest BCUT2D eigenvalue weighted by molar-refractivity contribution is 7.91. The Bertz CT molecular complexity index is 454. The molecule has 16 heavy (non-hydrogen) atoms. The van der Waals surface area contributed by atoms with Gasteiger partial charge in [-0.25, -0.2) is 8.42 Å². The molecule has 0 saturated carbocycles. The molecule has 1 atom stereocenters. The fourth-order valence-electron chi connectivity index (χ4n) is 1.72. The zero-order valence-electron chi connectivity index (χ0n) is 8.56. The van der Waals surface area contributed by atoms with E-state index in [0.717, 1.165) is 19.4 Å². The van der Waals surface area contributed by atoms with Gasteiger partial charge in [0, 0.05) is 6.04 Å². The molecule has 1 aliphatic rings. The number of rotatable bonds is 3. The SMILES string of the molecule is O=S(=O)(C[C@H]1CCCN1)c1ccc(Cl)nn1. The lowest BCUT2D eigenvalue weighted by molar-refractivity contribution is 0.571. The van der Waals surface area contributed by atoms with Gasteiger partial charge in [0.15, 0.2) is 20.0 Å². The highest BCUT2D eigenvalue weighted by atomic mass is 35.5. The van der Waals surface area contributed by atoms with Crippen molar-refractivity contribution in [2.75, 3.05) is 12.3 Å². The van der Waals surface area contributed by atoms with Crippen LogP contribution in [0.2, 0.25) is 5.15 Å². The number of hydrogen-bond donors (Lipinski definition) is 1. The van der Waals surface area contributed by atoms with Crippen molar-refractivity contribution in [2.24, 2.45) is 0 Å². The van der Waals surface area contributed by atoms with Gasteiger partial charge in [0.25, 0.3) is 0 Å². The maximum absolute atomic E-state index is 11.9. The molecular weight excluding hydrogens is 250 g/mol. The van der Waals surface area contributed by atoms with E-state index in [1.807, 2.05) is 0 Å². The number of nitrogens with one attached hydrogen (secondary N) is 1. The van der Waals surface area contributed by atoms with Crippen molar-refractivity contribution in [2.45, 2.75) is 23.9 Å². The number of halogens is 1. The average Bonchev–Trinajstić information content (AvgIpc) is 2.70. The molecular formula is C9H12ClN3O2S. The van der Waals surface area contributed by atoms with E-state index >= 15 is 0 Å². The molecule has 1 aromatic rings. The molecule has 0 radical (unpaired) electrons. The second-order valence-electron chi connectivity index (χ2n) is 3.77. The van der Waals surface area contributed by atoms with Gasteiger partial charge in [-0.05, 0) is 31.5 Å². The summed E-state index contributed by atoms with van der Waals surface area (Å²) in [6.45, 7) is 0.881. The molecule has 1 N–H and O–H groups in total. The number of nitrogens with zero attached hydrogens (tertiary/aromatic N) is 2. The number of hydrogen-bond acceptors (Lipinski definition) is 5. The third-order valence-electron chi connectivity index (χ3n) is 2.51. The normalized spacial score (nSPS) is 21.2. The van der Waals surface area contributed by atoms with E-state index in [2.05, 4.69) is 15.5 Å². The summed E-state index contributed by atoms with van der Waals surface area (Å²) in [5, 5.41) is 10.5. The van der Waals surface area contributed by atoms with Gasteiger partial charge in [-0.15, -0.1) is 10.2 Å². The van der Waals surface area contributed by atoms with Crippen molar-refractivity contribution in [3.63, 3.8) is 0 Å². The number of sulfone groups is 1. The van der Waals surface area contributed by atoms with Crippen molar-refractivity contribution in [3.8, 4) is 0 Å². The summed E-state index contributed by atoms with van der Waals surface area (Å²) in [4.78, 5) is 0. The number of aromatic nitrogens is 2. The summed E-state index contributed by atoms with van der Waals surface area (Å²) < 4.78 is 23.8. The first-order chi connectivity index (χ1) is 7.58. The molecule has 0 unspecified atom stereocenters. The van der Waals surface area contributed by atoms with Crippen LogP contribution in [-0.4, -0.2) is 37.0 Å². The van der Waals surface area contributed by atoms with Crippen LogP contribution in [0.3, 0.4) is 0 Å². The van der Waals surface area contributed by atoms with Gasteiger partial charge in [-0.2, -0.15) is 0 Å². The quantitative estimate of drug-likeness (QED) is 0.865. The summed E-state index contributed by atoms with van der Waals surface area (Å²) in [5.74, 6) is 0.0727. The van der Waals surface area contributed by atoms with Gasteiger partial charge in [-0.3, -0.25) is 0 Å². The first kappa shape index (κ1) is 11.8. The summed E-state index contributed by atoms with van der Waals surface area (Å²) in [5.41, 5.74) is 0. The predicted molar refractivity (Wildman–Crippen MR) is 60.1 cm³/mol. The molecule has 1 fully saturated rings. The van der Waals surface area contributed by atoms with Crippen LogP contribution in [-0.2, 0) is 9.84 Å². The minimum Gasteiger partial charge on any atom is -0.313 e. The molecule has 0 bridgehead atoms. The van der Waals surface area contributed by atoms with Crippen molar-refractivity contribution < 1.29 is 8.42 Å². The highest BCUT2D eigenvalue weighted by Gasteiger charge is 2.24. The summed E-state index contributed by atoms with van der Waals surface area (Å²) in [6.07, 6.45) is 1.91. The minimum absolute atomic E-state index is 0.00870. The molecule has 0 aromatic carbocycles. The lowest BCUT2D eigenvalue weighted by Gasteiger charge is -2.09. The monoisotopic (exact) mass is 261 g/mol. The van der Waals surface area contributed by atoms with E-state index in [1.165, 1.54) is 12.1 Å². The van der Waals surface area contributed by atoms with Gasteiger partial charge in [0.1, 0.15) is 0 Å². The van der Waals surface area contributed by atoms with Crippen LogP contribution < -0.4 is 5.32 Å². The van der Waals surface area contributed by atoms with Crippen LogP contribution in [0.25, 0.3) is 0 Å². The molecule has 2 heterocycles. The largest absolute Gasteiger partial charge is 0.313 e. The zero-order chi connectivity index (χ0) is 11.6. The molecule has 7 heteroatoms. The standard InChI is InChI=1S/C9H12ClN3O2S/c10-8-3-4-9(13-12-8)16(14,15)6-7-2-1-5-11-7/h3-4,7,11H,1-2,5-6H2/t7-/m1/s1. The third kappa shape index (κ3) is 2.69. The Hall–Kier alpha value is -0.720. The zero-order valence-corrected chi connectivity index (χ0v) is 10.1. The van der Waals surface area contributed by atoms with Crippen LogP contribution >= 0.6 is 11.6 Å². The maximum atomic E-state index is 11.9. The topological polar surface area (TPSA) is 72.0 Å². The van der Waals surface area contributed by atoms with Gasteiger partial charge in [0.2, 0.25) is 0 Å². The Balaban J connectivity index is 2.14. The smallest absolute Gasteiger partial charge is 0.198 e. The van der Waals surface area contributed by atoms with E-state index in [-0.39, 0.29) is 22.0 Å². The highest BCUT2D eigenvalue weighted by Crippen LogP contribution is 2.14. The predicted octanol–water partition coefficient (Wildman–Crippen LogP) is 0.656. The molecule has 1 aromatic heterocycles. The fraction of sp³-hybridized carbons (Fsp3) is 0.556. The first-order valence-corrected chi connectivity index (χ1v) is 7.06. The van der Waals surface area contributed by atoms with Crippen LogP contribution in [0.1, 0.15) is 12.8 Å². The summed E-state index contributed by atoms with van der Waals surface area (Å²) >= 11 is 5.55. The molecule has 5 nitrogen and oxygen atoms in total. The molecule has 0 spiro atoms. The molecule has 2 rings (SSSR count). The van der Waals surface area contributed by atoms with Crippen molar-refractivity contribution in [1.82, 2.24) is 15.5 Å². The van der Waals surface area contributed by atoms with Gasteiger partial charge in [0.05, 0.1) is 5.75 Å². The lowest BCUT2D eigenvalue weighted by atomic mass is 10.3. The Labute approximate surface area is 99.1 Å². The van der Waals surface area contributed by atoms with Gasteiger partial charge in [-0.1, -0.05) is 11.6 Å². The Kier molecular flexibility index (Phi) is 3.41. The van der Waals surface area contributed by atoms with Gasteiger partial charge < -0.3 is 5.32 Å². The van der Waals surface area contributed by atoms with Crippen LogP contribution in [0, 0.1) is 0 Å². The Morgan fingerprint density at radius 1 is 1.44 bits per heavy atom. The second kappa shape index (κ2) is 4.65. The molecule has 1 aliphatic heterocycles. The van der Waals surface area contributed by atoms with E-state index < -0.39 is 9.84 Å². The average molecular weight is 262 g/mol. The minimum atomic E-state index is -3.36. The van der Waals surface area contributed by atoms with Crippen LogP contribution in [0.15, 0.2) is 17.2 Å². The molecule has 1 saturated heterocycles. The second-order valence-corrected chi connectivity index (χ2v) is 6.14. The van der Waals surface area contributed by atoms with Gasteiger partial charge >= 0.3 is 0 Å². The van der Waals surface area contributed by atoms with Crippen LogP contribution in [0.5, 0.6) is 0 Å². The van der Waals surface area contributed by atoms with E-state index in [0.29, 0.717) is 0 Å². The van der Waals surface area contributed by atoms with Crippen molar-refractivity contribution in [1.29, 1.82) is 0 Å². The summed E-state index contributed by atoms with van der Waals surface area (Å²) in [7, 11) is -3.36. The van der Waals surface area contributed by atoms with E-state index in [1.54, 1.807) is 0 Å². The first-order valence-electron chi connectivity index (χ1n) is 5.03. The molecule has 0 amide bonds. The van der Waals surface area contributed by atoms with E-state index in [4.69, 9.17) is 11.6 Å². The van der Waals surface area contributed by atoms with Crippen LogP contribution in [0.4, 0.5) is 0 Å². The van der Waals surface area contributed by atoms with Crippen molar-refractivity contribution >= 4 is 21.4 Å². The summed E-state index contributed by atoms with van der Waals surface area (Å²) in [6, 6.07) is 2.85. The third-order valence-corrected chi connectivity index (χ3v) is 4.41. The molecule has 88 valence electrons. The maximum Gasteiger partial charge on any atom is 0.198 e. The molecule has 0 aliphatic carbocycles.